The van der Waals surface area contributed by atoms with E-state index in [2.05, 4.69) is 23.2 Å². The summed E-state index contributed by atoms with van der Waals surface area (Å²) in [7, 11) is 2.19. The molecule has 2 bridgehead atoms. The van der Waals surface area contributed by atoms with Gasteiger partial charge in [-0.15, -0.1) is 0 Å². The molecule has 2 atom stereocenters. The Hall–Kier alpha value is -0.800. The van der Waals surface area contributed by atoms with E-state index in [0.29, 0.717) is 17.1 Å². The molecule has 4 heteroatoms. The molecular formula is C11H13ClN2O. The van der Waals surface area contributed by atoms with Crippen LogP contribution in [0.3, 0.4) is 0 Å². The number of aromatic nitrogens is 1. The quantitative estimate of drug-likeness (QED) is 0.734. The van der Waals surface area contributed by atoms with Crippen LogP contribution in [0.1, 0.15) is 25.0 Å². The molecule has 3 heterocycles. The van der Waals surface area contributed by atoms with Crippen LogP contribution >= 0.6 is 11.6 Å². The van der Waals surface area contributed by atoms with Gasteiger partial charge in [0, 0.05) is 12.1 Å². The average molecular weight is 225 g/mol. The molecule has 1 aromatic rings. The van der Waals surface area contributed by atoms with Gasteiger partial charge in [0.15, 0.2) is 5.76 Å². The Labute approximate surface area is 93.7 Å². The molecule has 3 rings (SSSR count). The fourth-order valence-electron chi connectivity index (χ4n) is 2.65. The summed E-state index contributed by atoms with van der Waals surface area (Å²) in [5.74, 6) is 0.765. The zero-order valence-electron chi connectivity index (χ0n) is 8.61. The van der Waals surface area contributed by atoms with Crippen molar-refractivity contribution < 1.29 is 4.52 Å². The minimum Gasteiger partial charge on any atom is -0.355 e. The van der Waals surface area contributed by atoms with Crippen LogP contribution in [0, 0.1) is 0 Å². The van der Waals surface area contributed by atoms with E-state index in [0.717, 1.165) is 12.2 Å². The first-order valence-corrected chi connectivity index (χ1v) is 5.66. The van der Waals surface area contributed by atoms with Crippen LogP contribution in [0.2, 0.25) is 5.02 Å². The summed E-state index contributed by atoms with van der Waals surface area (Å²) in [5.41, 5.74) is 1.23. The maximum Gasteiger partial charge on any atom is 0.181 e. The van der Waals surface area contributed by atoms with Crippen molar-refractivity contribution in [1.29, 1.82) is 0 Å². The van der Waals surface area contributed by atoms with Crippen LogP contribution < -0.4 is 0 Å². The topological polar surface area (TPSA) is 29.3 Å². The Bertz CT molecular complexity index is 412. The van der Waals surface area contributed by atoms with Crippen molar-refractivity contribution >= 4 is 17.2 Å². The van der Waals surface area contributed by atoms with Gasteiger partial charge in [-0.25, -0.2) is 0 Å². The van der Waals surface area contributed by atoms with Gasteiger partial charge < -0.3 is 4.52 Å². The maximum absolute atomic E-state index is 6.01. The Morgan fingerprint density at radius 1 is 1.53 bits per heavy atom. The lowest BCUT2D eigenvalue weighted by Gasteiger charge is -2.29. The largest absolute Gasteiger partial charge is 0.355 e. The zero-order chi connectivity index (χ0) is 10.4. The van der Waals surface area contributed by atoms with Gasteiger partial charge >= 0.3 is 0 Å². The van der Waals surface area contributed by atoms with Crippen LogP contribution in [-0.2, 0) is 0 Å². The summed E-state index contributed by atoms with van der Waals surface area (Å²) < 4.78 is 5.19. The third-order valence-corrected chi connectivity index (χ3v) is 3.83. The summed E-state index contributed by atoms with van der Waals surface area (Å²) in [6.45, 7) is 0. The molecule has 0 saturated carbocycles. The Morgan fingerprint density at radius 2 is 2.40 bits per heavy atom. The second-order valence-electron chi connectivity index (χ2n) is 4.36. The predicted octanol–water partition coefficient (Wildman–Crippen LogP) is 2.58. The van der Waals surface area contributed by atoms with E-state index in [9.17, 15) is 0 Å². The molecule has 2 aliphatic heterocycles. The molecule has 15 heavy (non-hydrogen) atoms. The lowest BCUT2D eigenvalue weighted by molar-refractivity contribution is 0.262. The standard InChI is InChI=1S/C11H13ClN2O/c1-14-8-2-3-9(14)5-7(4-8)11-10(12)6-13-15-11/h4,6,8-9H,2-3,5H2,1H3. The summed E-state index contributed by atoms with van der Waals surface area (Å²) in [4.78, 5) is 2.44. The first-order chi connectivity index (χ1) is 7.25. The lowest BCUT2D eigenvalue weighted by atomic mass is 10.00. The molecule has 0 aliphatic carbocycles. The monoisotopic (exact) mass is 224 g/mol. The average Bonchev–Trinajstić information content (AvgIpc) is 2.70. The first kappa shape index (κ1) is 9.43. The Balaban J connectivity index is 1.97. The van der Waals surface area contributed by atoms with Gasteiger partial charge in [0.05, 0.1) is 6.20 Å². The number of halogens is 1. The molecule has 0 aromatic carbocycles. The number of hydrogen-bond acceptors (Lipinski definition) is 3. The van der Waals surface area contributed by atoms with Crippen LogP contribution in [0.5, 0.6) is 0 Å². The molecular weight excluding hydrogens is 212 g/mol. The van der Waals surface area contributed by atoms with E-state index in [4.69, 9.17) is 16.1 Å². The van der Waals surface area contributed by atoms with Gasteiger partial charge in [-0.3, -0.25) is 4.90 Å². The van der Waals surface area contributed by atoms with Crippen molar-refractivity contribution in [3.8, 4) is 0 Å². The molecule has 0 amide bonds. The summed E-state index contributed by atoms with van der Waals surface area (Å²) >= 11 is 6.01. The van der Waals surface area contributed by atoms with E-state index in [-0.39, 0.29) is 0 Å². The molecule has 2 unspecified atom stereocenters. The zero-order valence-corrected chi connectivity index (χ0v) is 9.37. The second kappa shape index (κ2) is 3.35. The minimum atomic E-state index is 0.555. The van der Waals surface area contributed by atoms with E-state index < -0.39 is 0 Å². The molecule has 80 valence electrons. The SMILES string of the molecule is CN1C2C=C(c3oncc3Cl)CC1CC2. The number of nitrogens with zero attached hydrogens (tertiary/aromatic N) is 2. The molecule has 0 spiro atoms. The molecule has 0 radical (unpaired) electrons. The van der Waals surface area contributed by atoms with Gasteiger partial charge in [0.2, 0.25) is 0 Å². The number of fused-ring (bicyclic) bond motifs is 2. The smallest absolute Gasteiger partial charge is 0.181 e. The van der Waals surface area contributed by atoms with Gasteiger partial charge in [-0.1, -0.05) is 22.8 Å². The highest BCUT2D eigenvalue weighted by Crippen LogP contribution is 2.38. The lowest BCUT2D eigenvalue weighted by Crippen LogP contribution is -2.34. The second-order valence-corrected chi connectivity index (χ2v) is 4.77. The van der Waals surface area contributed by atoms with Crippen molar-refractivity contribution in [2.75, 3.05) is 7.05 Å². The van der Waals surface area contributed by atoms with Crippen molar-refractivity contribution in [3.63, 3.8) is 0 Å². The highest BCUT2D eigenvalue weighted by Gasteiger charge is 2.35. The first-order valence-electron chi connectivity index (χ1n) is 5.29. The van der Waals surface area contributed by atoms with Crippen LogP contribution in [0.15, 0.2) is 16.8 Å². The van der Waals surface area contributed by atoms with Gasteiger partial charge in [0.1, 0.15) is 5.02 Å². The van der Waals surface area contributed by atoms with Crippen LogP contribution in [-0.4, -0.2) is 29.2 Å². The summed E-state index contributed by atoms with van der Waals surface area (Å²) in [6, 6.07) is 1.20. The fourth-order valence-corrected chi connectivity index (χ4v) is 2.85. The highest BCUT2D eigenvalue weighted by atomic mass is 35.5. The molecule has 3 nitrogen and oxygen atoms in total. The van der Waals surface area contributed by atoms with Gasteiger partial charge in [-0.2, -0.15) is 0 Å². The molecule has 0 N–H and O–H groups in total. The highest BCUT2D eigenvalue weighted by molar-refractivity contribution is 6.31. The molecule has 1 aromatic heterocycles. The van der Waals surface area contributed by atoms with Crippen molar-refractivity contribution in [2.45, 2.75) is 31.3 Å². The van der Waals surface area contributed by atoms with Crippen molar-refractivity contribution in [2.24, 2.45) is 0 Å². The normalized spacial score (nSPS) is 30.7. The molecule has 1 saturated heterocycles. The minimum absolute atomic E-state index is 0.555. The number of likely N-dealkylation sites (N-methyl/N-ethyl adjacent to an activating group) is 1. The number of rotatable bonds is 1. The Morgan fingerprint density at radius 3 is 3.07 bits per heavy atom. The van der Waals surface area contributed by atoms with E-state index in [1.54, 1.807) is 6.20 Å². The van der Waals surface area contributed by atoms with Crippen molar-refractivity contribution in [3.05, 3.63) is 23.1 Å². The third kappa shape index (κ3) is 1.42. The van der Waals surface area contributed by atoms with Gasteiger partial charge in [-0.05, 0) is 31.9 Å². The Kier molecular flexibility index (Phi) is 2.11. The molecule has 1 fully saturated rings. The van der Waals surface area contributed by atoms with E-state index in [1.807, 2.05) is 0 Å². The third-order valence-electron chi connectivity index (χ3n) is 3.56. The predicted molar refractivity (Wildman–Crippen MR) is 58.7 cm³/mol. The maximum atomic E-state index is 6.01. The van der Waals surface area contributed by atoms with E-state index in [1.165, 1.54) is 18.4 Å². The summed E-state index contributed by atoms with van der Waals surface area (Å²) in [5, 5.41) is 4.35. The van der Waals surface area contributed by atoms with E-state index >= 15 is 0 Å². The molecule has 2 aliphatic rings. The fraction of sp³-hybridized carbons (Fsp3) is 0.545. The summed E-state index contributed by atoms with van der Waals surface area (Å²) in [6.07, 6.45) is 7.39. The number of hydrogen-bond donors (Lipinski definition) is 0. The van der Waals surface area contributed by atoms with Crippen LogP contribution in [0.25, 0.3) is 5.57 Å². The van der Waals surface area contributed by atoms with Crippen molar-refractivity contribution in [1.82, 2.24) is 10.1 Å². The van der Waals surface area contributed by atoms with Gasteiger partial charge in [0.25, 0.3) is 0 Å². The van der Waals surface area contributed by atoms with Crippen LogP contribution in [0.4, 0.5) is 0 Å².